The van der Waals surface area contributed by atoms with E-state index in [4.69, 9.17) is 28.2 Å². The van der Waals surface area contributed by atoms with E-state index in [2.05, 4.69) is 50.5 Å². The molecule has 6 nitrogen and oxygen atoms in total. The number of nitrogens with zero attached hydrogens (tertiary/aromatic N) is 2. The van der Waals surface area contributed by atoms with Gasteiger partial charge in [0.15, 0.2) is 4.34 Å². The standard InChI is InChI=1S/C28H33Cl2N5OS2.2ClH/c29-24-7-6-19(13-25(24)30)16-35-11-8-21(9-12-35)33-27(36)18-38-28-34-26(17-37-28)20-3-1-4-22(14-20)32-15-23-5-2-10-31-23;;/h1,3-4,6-7,13-14,17,21,23,31-32H,2,5,8-12,15-16,18H2,(H,33,36);2*1H/t23-;;/m1../s1. The molecule has 2 aromatic carbocycles. The van der Waals surface area contributed by atoms with E-state index in [1.54, 1.807) is 11.3 Å². The van der Waals surface area contributed by atoms with Gasteiger partial charge in [-0.1, -0.05) is 53.2 Å². The fourth-order valence-electron chi connectivity index (χ4n) is 4.94. The summed E-state index contributed by atoms with van der Waals surface area (Å²) in [5, 5.41) is 13.5. The van der Waals surface area contributed by atoms with Gasteiger partial charge in [0.2, 0.25) is 5.91 Å². The van der Waals surface area contributed by atoms with Crippen LogP contribution in [0.5, 0.6) is 0 Å². The van der Waals surface area contributed by atoms with E-state index in [0.29, 0.717) is 21.8 Å². The number of halogens is 4. The van der Waals surface area contributed by atoms with E-state index in [9.17, 15) is 4.79 Å². The van der Waals surface area contributed by atoms with Crippen molar-refractivity contribution in [2.45, 2.75) is 48.7 Å². The summed E-state index contributed by atoms with van der Waals surface area (Å²) < 4.78 is 0.917. The van der Waals surface area contributed by atoms with Crippen LogP contribution in [0.4, 0.5) is 5.69 Å². The molecule has 2 aliphatic heterocycles. The zero-order valence-corrected chi connectivity index (χ0v) is 26.8. The molecule has 2 aliphatic rings. The van der Waals surface area contributed by atoms with E-state index < -0.39 is 0 Å². The number of carbonyl (C=O) groups excluding carboxylic acids is 1. The Morgan fingerprint density at radius 2 is 1.93 bits per heavy atom. The number of hydrogen-bond acceptors (Lipinski definition) is 7. The monoisotopic (exact) mass is 661 g/mol. The molecule has 3 aromatic rings. The Balaban J connectivity index is 0.00000220. The average Bonchev–Trinajstić information content (AvgIpc) is 3.62. The van der Waals surface area contributed by atoms with Gasteiger partial charge in [-0.3, -0.25) is 9.69 Å². The third kappa shape index (κ3) is 9.66. The third-order valence-electron chi connectivity index (χ3n) is 7.03. The quantitative estimate of drug-likeness (QED) is 0.203. The van der Waals surface area contributed by atoms with Gasteiger partial charge in [-0.2, -0.15) is 0 Å². The summed E-state index contributed by atoms with van der Waals surface area (Å²) in [6, 6.07) is 15.0. The SMILES string of the molecule is Cl.Cl.O=C(CSc1nc(-c2cccc(NC[C@H]3CCCN3)c2)cs1)NC1CCN(Cc2ccc(Cl)c(Cl)c2)CC1. The number of amides is 1. The molecule has 1 amide bonds. The highest BCUT2D eigenvalue weighted by Crippen LogP contribution is 2.30. The van der Waals surface area contributed by atoms with Gasteiger partial charge in [-0.15, -0.1) is 36.2 Å². The number of nitrogens with one attached hydrogen (secondary N) is 3. The molecule has 2 saturated heterocycles. The van der Waals surface area contributed by atoms with E-state index in [1.165, 1.54) is 24.6 Å². The largest absolute Gasteiger partial charge is 0.383 e. The maximum Gasteiger partial charge on any atom is 0.230 e. The average molecular weight is 664 g/mol. The summed E-state index contributed by atoms with van der Waals surface area (Å²) >= 11 is 15.3. The Bertz CT molecular complexity index is 1230. The second kappa shape index (κ2) is 16.4. The minimum absolute atomic E-state index is 0. The summed E-state index contributed by atoms with van der Waals surface area (Å²) in [5.41, 5.74) is 4.32. The number of piperidine rings is 1. The van der Waals surface area contributed by atoms with Crippen molar-refractivity contribution in [3.8, 4) is 11.3 Å². The first-order valence-corrected chi connectivity index (χ1v) is 15.8. The first kappa shape index (κ1) is 33.3. The van der Waals surface area contributed by atoms with Crippen molar-refractivity contribution < 1.29 is 4.79 Å². The topological polar surface area (TPSA) is 69.3 Å². The number of rotatable bonds is 10. The van der Waals surface area contributed by atoms with Crippen molar-refractivity contribution in [3.05, 3.63) is 63.5 Å². The molecule has 3 N–H and O–H groups in total. The van der Waals surface area contributed by atoms with Gasteiger partial charge in [0, 0.05) is 54.9 Å². The van der Waals surface area contributed by atoms with Crippen molar-refractivity contribution in [2.75, 3.05) is 37.2 Å². The molecular weight excluding hydrogens is 628 g/mol. The Kier molecular flexibility index (Phi) is 13.7. The van der Waals surface area contributed by atoms with Crippen molar-refractivity contribution in [1.82, 2.24) is 20.5 Å². The fraction of sp³-hybridized carbons (Fsp3) is 0.429. The molecular formula is C28H35Cl4N5OS2. The number of anilines is 1. The molecule has 0 radical (unpaired) electrons. The van der Waals surface area contributed by atoms with Crippen LogP contribution in [0.15, 0.2) is 52.2 Å². The van der Waals surface area contributed by atoms with Crippen LogP contribution in [-0.4, -0.2) is 59.8 Å². The first-order valence-electron chi connectivity index (χ1n) is 13.1. The van der Waals surface area contributed by atoms with Crippen LogP contribution in [0.1, 0.15) is 31.2 Å². The summed E-state index contributed by atoms with van der Waals surface area (Å²) in [5.74, 6) is 0.452. The van der Waals surface area contributed by atoms with Crippen LogP contribution in [0.2, 0.25) is 10.0 Å². The molecule has 1 atom stereocenters. The number of thioether (sulfide) groups is 1. The Morgan fingerprint density at radius 3 is 2.67 bits per heavy atom. The van der Waals surface area contributed by atoms with Gasteiger partial charge in [-0.25, -0.2) is 4.98 Å². The van der Waals surface area contributed by atoms with Gasteiger partial charge in [0.05, 0.1) is 21.5 Å². The van der Waals surface area contributed by atoms with Gasteiger partial charge >= 0.3 is 0 Å². The van der Waals surface area contributed by atoms with Crippen molar-refractivity contribution in [2.24, 2.45) is 0 Å². The number of benzene rings is 2. The minimum atomic E-state index is 0. The minimum Gasteiger partial charge on any atom is -0.383 e. The zero-order valence-electron chi connectivity index (χ0n) is 22.0. The Hall–Kier alpha value is -1.23. The highest BCUT2D eigenvalue weighted by Gasteiger charge is 2.21. The summed E-state index contributed by atoms with van der Waals surface area (Å²) in [7, 11) is 0. The van der Waals surface area contributed by atoms with E-state index >= 15 is 0 Å². The van der Waals surface area contributed by atoms with Crippen molar-refractivity contribution in [3.63, 3.8) is 0 Å². The van der Waals surface area contributed by atoms with Crippen LogP contribution < -0.4 is 16.0 Å². The fourth-order valence-corrected chi connectivity index (χ4v) is 6.91. The van der Waals surface area contributed by atoms with Crippen molar-refractivity contribution in [1.29, 1.82) is 0 Å². The lowest BCUT2D eigenvalue weighted by molar-refractivity contribution is -0.119. The van der Waals surface area contributed by atoms with Gasteiger partial charge < -0.3 is 16.0 Å². The number of hydrogen-bond donors (Lipinski definition) is 3. The summed E-state index contributed by atoms with van der Waals surface area (Å²) in [6.45, 7) is 4.78. The predicted molar refractivity (Wildman–Crippen MR) is 175 cm³/mol. The summed E-state index contributed by atoms with van der Waals surface area (Å²) in [4.78, 5) is 19.8. The molecule has 12 heteroatoms. The summed E-state index contributed by atoms with van der Waals surface area (Å²) in [6.07, 6.45) is 4.37. The zero-order chi connectivity index (χ0) is 26.3. The maximum atomic E-state index is 12.6. The molecule has 1 aromatic heterocycles. The van der Waals surface area contributed by atoms with Crippen LogP contribution in [-0.2, 0) is 11.3 Å². The number of aromatic nitrogens is 1. The molecule has 218 valence electrons. The molecule has 3 heterocycles. The van der Waals surface area contributed by atoms with Gasteiger partial charge in [0.25, 0.3) is 0 Å². The van der Waals surface area contributed by atoms with E-state index in [-0.39, 0.29) is 36.8 Å². The Morgan fingerprint density at radius 1 is 1.10 bits per heavy atom. The number of carbonyl (C=O) groups is 1. The Labute approximate surface area is 267 Å². The molecule has 5 rings (SSSR count). The molecule has 0 bridgehead atoms. The van der Waals surface area contributed by atoms with E-state index in [1.807, 2.05) is 18.2 Å². The lowest BCUT2D eigenvalue weighted by Crippen LogP contribution is -2.44. The second-order valence-corrected chi connectivity index (χ2v) is 12.8. The number of likely N-dealkylation sites (tertiary alicyclic amines) is 1. The van der Waals surface area contributed by atoms with Crippen LogP contribution in [0.3, 0.4) is 0 Å². The van der Waals surface area contributed by atoms with Crippen LogP contribution in [0.25, 0.3) is 11.3 Å². The molecule has 0 unspecified atom stereocenters. The van der Waals surface area contributed by atoms with Crippen molar-refractivity contribution >= 4 is 82.7 Å². The lowest BCUT2D eigenvalue weighted by atomic mass is 10.0. The molecule has 0 saturated carbocycles. The smallest absolute Gasteiger partial charge is 0.230 e. The predicted octanol–water partition coefficient (Wildman–Crippen LogP) is 7.00. The molecule has 0 aliphatic carbocycles. The third-order valence-corrected chi connectivity index (χ3v) is 9.79. The van der Waals surface area contributed by atoms with E-state index in [0.717, 1.165) is 72.4 Å². The lowest BCUT2D eigenvalue weighted by Gasteiger charge is -2.32. The number of thiazole rings is 1. The second-order valence-electron chi connectivity index (χ2n) is 9.91. The van der Waals surface area contributed by atoms with Gasteiger partial charge in [0.1, 0.15) is 0 Å². The van der Waals surface area contributed by atoms with Crippen LogP contribution >= 0.6 is 71.1 Å². The molecule has 2 fully saturated rings. The molecule has 40 heavy (non-hydrogen) atoms. The first-order chi connectivity index (χ1) is 18.5. The maximum absolute atomic E-state index is 12.6. The molecule has 0 spiro atoms. The normalized spacial score (nSPS) is 17.6. The van der Waals surface area contributed by atoms with Gasteiger partial charge in [-0.05, 0) is 62.1 Å². The van der Waals surface area contributed by atoms with Crippen LogP contribution in [0, 0.1) is 0 Å². The highest BCUT2D eigenvalue weighted by molar-refractivity contribution is 8.01. The highest BCUT2D eigenvalue weighted by atomic mass is 35.5.